The molecule has 0 atom stereocenters. The third-order valence-electron chi connectivity index (χ3n) is 3.36. The van der Waals surface area contributed by atoms with Crippen molar-refractivity contribution in [3.8, 4) is 0 Å². The smallest absolute Gasteiger partial charge is 0.337 e. The van der Waals surface area contributed by atoms with E-state index in [1.807, 2.05) is 12.1 Å². The van der Waals surface area contributed by atoms with E-state index < -0.39 is 0 Å². The fourth-order valence-corrected chi connectivity index (χ4v) is 2.16. The summed E-state index contributed by atoms with van der Waals surface area (Å²) < 4.78 is 4.68. The molecule has 0 aliphatic rings. The van der Waals surface area contributed by atoms with Crippen molar-refractivity contribution in [1.29, 1.82) is 0 Å². The Labute approximate surface area is 126 Å². The molecule has 3 heteroatoms. The van der Waals surface area contributed by atoms with Gasteiger partial charge in [-0.3, -0.25) is 0 Å². The normalized spacial score (nSPS) is 10.2. The zero-order chi connectivity index (χ0) is 15.1. The summed E-state index contributed by atoms with van der Waals surface area (Å²) in [6.07, 6.45) is 2.29. The van der Waals surface area contributed by atoms with Gasteiger partial charge >= 0.3 is 5.97 Å². The quantitative estimate of drug-likeness (QED) is 0.813. The number of rotatable bonds is 6. The fourth-order valence-electron chi connectivity index (χ4n) is 2.16. The number of carbonyl (C=O) groups is 1. The number of carbonyl (C=O) groups excluding carboxylic acids is 1. The van der Waals surface area contributed by atoms with Crippen molar-refractivity contribution in [3.05, 3.63) is 65.2 Å². The van der Waals surface area contributed by atoms with Gasteiger partial charge in [-0.25, -0.2) is 4.79 Å². The van der Waals surface area contributed by atoms with Crippen LogP contribution in [0.1, 0.15) is 34.8 Å². The first kappa shape index (κ1) is 15.1. The van der Waals surface area contributed by atoms with Crippen molar-refractivity contribution in [2.75, 3.05) is 12.4 Å². The van der Waals surface area contributed by atoms with Crippen LogP contribution in [0.25, 0.3) is 0 Å². The van der Waals surface area contributed by atoms with Crippen molar-refractivity contribution >= 4 is 11.7 Å². The predicted molar refractivity (Wildman–Crippen MR) is 85.5 cm³/mol. The molecule has 110 valence electrons. The largest absolute Gasteiger partial charge is 0.465 e. The molecule has 0 heterocycles. The monoisotopic (exact) mass is 283 g/mol. The minimum atomic E-state index is -0.305. The zero-order valence-electron chi connectivity index (χ0n) is 12.6. The van der Waals surface area contributed by atoms with Gasteiger partial charge in [-0.1, -0.05) is 37.6 Å². The summed E-state index contributed by atoms with van der Waals surface area (Å²) in [6, 6.07) is 16.0. The first-order valence-electron chi connectivity index (χ1n) is 7.23. The van der Waals surface area contributed by atoms with E-state index in [2.05, 4.69) is 41.2 Å². The molecule has 0 saturated heterocycles. The molecule has 0 bridgehead atoms. The summed E-state index contributed by atoms with van der Waals surface area (Å²) >= 11 is 0. The third-order valence-corrected chi connectivity index (χ3v) is 3.36. The van der Waals surface area contributed by atoms with Gasteiger partial charge in [-0.15, -0.1) is 0 Å². The molecule has 0 radical (unpaired) electrons. The molecule has 2 aromatic rings. The number of esters is 1. The van der Waals surface area contributed by atoms with Crippen molar-refractivity contribution in [2.24, 2.45) is 0 Å². The molecule has 0 aromatic heterocycles. The number of nitrogens with one attached hydrogen (secondary N) is 1. The number of aryl methyl sites for hydroxylation is 1. The van der Waals surface area contributed by atoms with E-state index in [0.29, 0.717) is 5.56 Å². The Morgan fingerprint density at radius 2 is 1.62 bits per heavy atom. The second-order valence-corrected chi connectivity index (χ2v) is 4.99. The number of anilines is 1. The summed E-state index contributed by atoms with van der Waals surface area (Å²) in [7, 11) is 1.39. The van der Waals surface area contributed by atoms with E-state index in [4.69, 9.17) is 0 Å². The van der Waals surface area contributed by atoms with Crippen molar-refractivity contribution in [3.63, 3.8) is 0 Å². The van der Waals surface area contributed by atoms with Gasteiger partial charge < -0.3 is 10.1 Å². The highest BCUT2D eigenvalue weighted by Gasteiger charge is 2.04. The Morgan fingerprint density at radius 3 is 2.19 bits per heavy atom. The van der Waals surface area contributed by atoms with Crippen LogP contribution < -0.4 is 5.32 Å². The summed E-state index contributed by atoms with van der Waals surface area (Å²) in [5.41, 5.74) is 4.17. The van der Waals surface area contributed by atoms with Crippen molar-refractivity contribution in [2.45, 2.75) is 26.3 Å². The third kappa shape index (κ3) is 4.35. The van der Waals surface area contributed by atoms with Gasteiger partial charge in [0.05, 0.1) is 12.7 Å². The van der Waals surface area contributed by atoms with Crippen molar-refractivity contribution < 1.29 is 9.53 Å². The lowest BCUT2D eigenvalue weighted by atomic mass is 10.1. The van der Waals surface area contributed by atoms with Gasteiger partial charge in [0.1, 0.15) is 0 Å². The van der Waals surface area contributed by atoms with Crippen LogP contribution in [-0.4, -0.2) is 13.1 Å². The topological polar surface area (TPSA) is 38.3 Å². The van der Waals surface area contributed by atoms with Gasteiger partial charge in [0.25, 0.3) is 0 Å². The Hall–Kier alpha value is -2.29. The van der Waals surface area contributed by atoms with Gasteiger partial charge in [-0.05, 0) is 41.8 Å². The van der Waals surface area contributed by atoms with Gasteiger partial charge in [0.2, 0.25) is 0 Å². The van der Waals surface area contributed by atoms with E-state index in [-0.39, 0.29) is 5.97 Å². The van der Waals surface area contributed by atoms with Crippen LogP contribution in [0.3, 0.4) is 0 Å². The van der Waals surface area contributed by atoms with Gasteiger partial charge in [-0.2, -0.15) is 0 Å². The van der Waals surface area contributed by atoms with E-state index >= 15 is 0 Å². The number of ether oxygens (including phenoxy) is 1. The second kappa shape index (κ2) is 7.48. The molecule has 2 rings (SSSR count). The van der Waals surface area contributed by atoms with E-state index in [0.717, 1.165) is 24.2 Å². The van der Waals surface area contributed by atoms with E-state index in [9.17, 15) is 4.79 Å². The lowest BCUT2D eigenvalue weighted by Gasteiger charge is -2.08. The Kier molecular flexibility index (Phi) is 5.38. The SMILES string of the molecule is CCCc1ccc(NCc2ccc(C(=O)OC)cc2)cc1. The summed E-state index contributed by atoms with van der Waals surface area (Å²) in [4.78, 5) is 11.4. The highest BCUT2D eigenvalue weighted by molar-refractivity contribution is 5.89. The first-order valence-corrected chi connectivity index (χ1v) is 7.23. The second-order valence-electron chi connectivity index (χ2n) is 4.99. The molecule has 0 aliphatic carbocycles. The number of hydrogen-bond donors (Lipinski definition) is 1. The lowest BCUT2D eigenvalue weighted by Crippen LogP contribution is -2.03. The lowest BCUT2D eigenvalue weighted by molar-refractivity contribution is 0.0600. The maximum absolute atomic E-state index is 11.4. The standard InChI is InChI=1S/C18H21NO2/c1-3-4-14-7-11-17(12-8-14)19-13-15-5-9-16(10-6-15)18(20)21-2/h5-12,19H,3-4,13H2,1-2H3. The molecule has 21 heavy (non-hydrogen) atoms. The molecular weight excluding hydrogens is 262 g/mol. The van der Waals surface area contributed by atoms with Crippen LogP contribution in [-0.2, 0) is 17.7 Å². The van der Waals surface area contributed by atoms with Crippen LogP contribution in [0, 0.1) is 0 Å². The molecular formula is C18H21NO2. The predicted octanol–water partition coefficient (Wildman–Crippen LogP) is 4.04. The van der Waals surface area contributed by atoms with Crippen molar-refractivity contribution in [1.82, 2.24) is 0 Å². The Morgan fingerprint density at radius 1 is 1.00 bits per heavy atom. The molecule has 0 amide bonds. The van der Waals surface area contributed by atoms with Gasteiger partial charge in [0, 0.05) is 12.2 Å². The number of hydrogen-bond acceptors (Lipinski definition) is 3. The molecule has 0 aliphatic heterocycles. The molecule has 3 nitrogen and oxygen atoms in total. The summed E-state index contributed by atoms with van der Waals surface area (Å²) in [5, 5.41) is 3.38. The molecule has 2 aromatic carbocycles. The van der Waals surface area contributed by atoms with E-state index in [1.54, 1.807) is 12.1 Å². The van der Waals surface area contributed by atoms with Crippen LogP contribution in [0.15, 0.2) is 48.5 Å². The molecule has 0 fully saturated rings. The average molecular weight is 283 g/mol. The Bertz CT molecular complexity index is 573. The first-order chi connectivity index (χ1) is 10.2. The molecule has 0 unspecified atom stereocenters. The van der Waals surface area contributed by atoms with E-state index in [1.165, 1.54) is 19.1 Å². The minimum absolute atomic E-state index is 0.305. The maximum Gasteiger partial charge on any atom is 0.337 e. The molecule has 1 N–H and O–H groups in total. The average Bonchev–Trinajstić information content (AvgIpc) is 2.54. The molecule has 0 spiro atoms. The fraction of sp³-hybridized carbons (Fsp3) is 0.278. The summed E-state index contributed by atoms with van der Waals surface area (Å²) in [6.45, 7) is 2.92. The highest BCUT2D eigenvalue weighted by atomic mass is 16.5. The van der Waals surface area contributed by atoms with Crippen LogP contribution in [0.4, 0.5) is 5.69 Å². The van der Waals surface area contributed by atoms with Crippen LogP contribution >= 0.6 is 0 Å². The van der Waals surface area contributed by atoms with Gasteiger partial charge in [0.15, 0.2) is 0 Å². The van der Waals surface area contributed by atoms with Crippen LogP contribution in [0.5, 0.6) is 0 Å². The van der Waals surface area contributed by atoms with Crippen LogP contribution in [0.2, 0.25) is 0 Å². The summed E-state index contributed by atoms with van der Waals surface area (Å²) in [5.74, 6) is -0.305. The zero-order valence-corrected chi connectivity index (χ0v) is 12.6. The maximum atomic E-state index is 11.4. The Balaban J connectivity index is 1.91. The minimum Gasteiger partial charge on any atom is -0.465 e. The number of methoxy groups -OCH3 is 1. The molecule has 0 saturated carbocycles. The number of benzene rings is 2. The highest BCUT2D eigenvalue weighted by Crippen LogP contribution is 2.13.